The molecule has 0 amide bonds. The van der Waals surface area contributed by atoms with E-state index >= 15 is 0 Å². The summed E-state index contributed by atoms with van der Waals surface area (Å²) >= 11 is 1.31. The van der Waals surface area contributed by atoms with Crippen molar-refractivity contribution in [2.24, 2.45) is 0 Å². The van der Waals surface area contributed by atoms with Gasteiger partial charge in [-0.3, -0.25) is 0 Å². The van der Waals surface area contributed by atoms with Crippen molar-refractivity contribution in [3.8, 4) is 11.3 Å². The Morgan fingerprint density at radius 3 is 2.90 bits per heavy atom. The van der Waals surface area contributed by atoms with Crippen LogP contribution in [0.2, 0.25) is 0 Å². The van der Waals surface area contributed by atoms with E-state index in [2.05, 4.69) is 0 Å². The molecular formula is C15H11FO3S. The molecule has 0 N–H and O–H groups in total. The van der Waals surface area contributed by atoms with Crippen LogP contribution in [-0.4, -0.2) is 13.1 Å². The summed E-state index contributed by atoms with van der Waals surface area (Å²) in [5, 5.41) is 2.54. The molecule has 0 bridgehead atoms. The second-order valence-corrected chi connectivity index (χ2v) is 5.29. The van der Waals surface area contributed by atoms with Gasteiger partial charge in [0, 0.05) is 10.9 Å². The highest BCUT2D eigenvalue weighted by Gasteiger charge is 2.21. The number of benzene rings is 1. The fraction of sp³-hybridized carbons (Fsp3) is 0.133. The van der Waals surface area contributed by atoms with Gasteiger partial charge in [-0.25, -0.2) is 9.18 Å². The summed E-state index contributed by atoms with van der Waals surface area (Å²) in [6, 6.07) is 6.06. The first-order valence-corrected chi connectivity index (χ1v) is 6.84. The summed E-state index contributed by atoms with van der Waals surface area (Å²) in [5.41, 5.74) is 2.22. The summed E-state index contributed by atoms with van der Waals surface area (Å²) < 4.78 is 23.7. The zero-order valence-corrected chi connectivity index (χ0v) is 11.7. The molecular weight excluding hydrogens is 279 g/mol. The van der Waals surface area contributed by atoms with Gasteiger partial charge in [-0.2, -0.15) is 0 Å². The van der Waals surface area contributed by atoms with E-state index in [9.17, 15) is 9.18 Å². The predicted molar refractivity (Wildman–Crippen MR) is 75.6 cm³/mol. The average Bonchev–Trinajstić information content (AvgIpc) is 3.00. The van der Waals surface area contributed by atoms with Gasteiger partial charge in [-0.1, -0.05) is 0 Å². The quantitative estimate of drug-likeness (QED) is 0.657. The zero-order chi connectivity index (χ0) is 14.3. The summed E-state index contributed by atoms with van der Waals surface area (Å²) in [4.78, 5) is 12.3. The minimum atomic E-state index is -0.398. The first kappa shape index (κ1) is 12.9. The third-order valence-corrected chi connectivity index (χ3v) is 4.15. The molecule has 2 aromatic heterocycles. The van der Waals surface area contributed by atoms with Crippen molar-refractivity contribution in [1.82, 2.24) is 0 Å². The third-order valence-electron chi connectivity index (χ3n) is 3.07. The number of hydrogen-bond donors (Lipinski definition) is 0. The van der Waals surface area contributed by atoms with Gasteiger partial charge in [0.1, 0.15) is 22.0 Å². The number of esters is 1. The molecule has 0 aliphatic rings. The SMILES string of the molecule is COC(=O)c1scc(C)c1-c1cc2cc(F)ccc2o1. The van der Waals surface area contributed by atoms with Crippen molar-refractivity contribution in [2.75, 3.05) is 7.11 Å². The number of aryl methyl sites for hydroxylation is 1. The van der Waals surface area contributed by atoms with Gasteiger partial charge in [-0.15, -0.1) is 11.3 Å². The Morgan fingerprint density at radius 1 is 1.35 bits per heavy atom. The Morgan fingerprint density at radius 2 is 2.15 bits per heavy atom. The maximum absolute atomic E-state index is 13.2. The minimum absolute atomic E-state index is 0.319. The highest BCUT2D eigenvalue weighted by Crippen LogP contribution is 2.36. The molecule has 3 rings (SSSR count). The first-order valence-electron chi connectivity index (χ1n) is 5.96. The second-order valence-electron chi connectivity index (χ2n) is 4.41. The number of hydrogen-bond acceptors (Lipinski definition) is 4. The standard InChI is InChI=1S/C15H11FO3S/c1-8-7-20-14(15(17)18-2)13(8)12-6-9-5-10(16)3-4-11(9)19-12/h3-7H,1-2H3. The highest BCUT2D eigenvalue weighted by atomic mass is 32.1. The number of fused-ring (bicyclic) bond motifs is 1. The molecule has 0 unspecified atom stereocenters. The van der Waals surface area contributed by atoms with Gasteiger partial charge < -0.3 is 9.15 Å². The molecule has 5 heteroatoms. The number of carbonyl (C=O) groups excluding carboxylic acids is 1. The Kier molecular flexibility index (Phi) is 3.06. The monoisotopic (exact) mass is 290 g/mol. The molecule has 0 fully saturated rings. The van der Waals surface area contributed by atoms with Crippen LogP contribution in [-0.2, 0) is 4.74 Å². The third kappa shape index (κ3) is 2.00. The predicted octanol–water partition coefficient (Wildman–Crippen LogP) is 4.40. The van der Waals surface area contributed by atoms with Gasteiger partial charge in [0.25, 0.3) is 0 Å². The summed E-state index contributed by atoms with van der Waals surface area (Å²) in [7, 11) is 1.34. The number of carbonyl (C=O) groups is 1. The zero-order valence-electron chi connectivity index (χ0n) is 10.9. The van der Waals surface area contributed by atoms with Crippen LogP contribution in [0, 0.1) is 12.7 Å². The van der Waals surface area contributed by atoms with Gasteiger partial charge in [0.2, 0.25) is 0 Å². The van der Waals surface area contributed by atoms with E-state index < -0.39 is 5.97 Å². The lowest BCUT2D eigenvalue weighted by Crippen LogP contribution is -1.99. The fourth-order valence-corrected chi connectivity index (χ4v) is 3.10. The van der Waals surface area contributed by atoms with Gasteiger partial charge >= 0.3 is 5.97 Å². The van der Waals surface area contributed by atoms with Gasteiger partial charge in [0.05, 0.1) is 7.11 Å². The lowest BCUT2D eigenvalue weighted by atomic mass is 10.1. The average molecular weight is 290 g/mol. The molecule has 0 spiro atoms. The molecule has 3 nitrogen and oxygen atoms in total. The lowest BCUT2D eigenvalue weighted by Gasteiger charge is -2.00. The summed E-state index contributed by atoms with van der Waals surface area (Å²) in [5.74, 6) is -0.172. The van der Waals surface area contributed by atoms with Crippen molar-refractivity contribution >= 4 is 28.3 Å². The highest BCUT2D eigenvalue weighted by molar-refractivity contribution is 7.12. The Hall–Kier alpha value is -2.14. The molecule has 0 radical (unpaired) electrons. The first-order chi connectivity index (χ1) is 9.60. The number of methoxy groups -OCH3 is 1. The molecule has 20 heavy (non-hydrogen) atoms. The van der Waals surface area contributed by atoms with E-state index in [1.165, 1.54) is 30.6 Å². The molecule has 0 atom stereocenters. The Bertz CT molecular complexity index is 801. The lowest BCUT2D eigenvalue weighted by molar-refractivity contribution is 0.0607. The van der Waals surface area contributed by atoms with Crippen LogP contribution < -0.4 is 0 Å². The fourth-order valence-electron chi connectivity index (χ4n) is 2.13. The molecule has 102 valence electrons. The number of halogens is 1. The van der Waals surface area contributed by atoms with Gasteiger partial charge in [-0.05, 0) is 42.1 Å². The number of thiophene rings is 1. The van der Waals surface area contributed by atoms with Crippen LogP contribution in [0.5, 0.6) is 0 Å². The molecule has 0 saturated carbocycles. The molecule has 0 aliphatic carbocycles. The maximum Gasteiger partial charge on any atom is 0.348 e. The smallest absolute Gasteiger partial charge is 0.348 e. The van der Waals surface area contributed by atoms with E-state index in [1.807, 2.05) is 12.3 Å². The maximum atomic E-state index is 13.2. The Balaban J connectivity index is 2.20. The van der Waals surface area contributed by atoms with Crippen molar-refractivity contribution in [3.63, 3.8) is 0 Å². The van der Waals surface area contributed by atoms with E-state index in [0.717, 1.165) is 5.56 Å². The topological polar surface area (TPSA) is 39.4 Å². The van der Waals surface area contributed by atoms with Crippen LogP contribution in [0.25, 0.3) is 22.3 Å². The normalized spacial score (nSPS) is 10.9. The van der Waals surface area contributed by atoms with E-state index in [-0.39, 0.29) is 5.82 Å². The minimum Gasteiger partial charge on any atom is -0.465 e. The largest absolute Gasteiger partial charge is 0.465 e. The van der Waals surface area contributed by atoms with Crippen LogP contribution in [0.15, 0.2) is 34.1 Å². The van der Waals surface area contributed by atoms with Crippen molar-refractivity contribution in [3.05, 3.63) is 45.9 Å². The van der Waals surface area contributed by atoms with Crippen molar-refractivity contribution < 1.29 is 18.3 Å². The summed E-state index contributed by atoms with van der Waals surface area (Å²) in [6.45, 7) is 1.89. The van der Waals surface area contributed by atoms with Crippen molar-refractivity contribution in [1.29, 1.82) is 0 Å². The summed E-state index contributed by atoms with van der Waals surface area (Å²) in [6.07, 6.45) is 0. The van der Waals surface area contributed by atoms with Gasteiger partial charge in [0.15, 0.2) is 0 Å². The van der Waals surface area contributed by atoms with Crippen LogP contribution >= 0.6 is 11.3 Å². The van der Waals surface area contributed by atoms with Crippen LogP contribution in [0.4, 0.5) is 4.39 Å². The molecule has 1 aromatic carbocycles. The number of rotatable bonds is 2. The number of furan rings is 1. The number of ether oxygens (including phenoxy) is 1. The van der Waals surface area contributed by atoms with Crippen LogP contribution in [0.1, 0.15) is 15.2 Å². The molecule has 0 saturated heterocycles. The van der Waals surface area contributed by atoms with E-state index in [1.54, 1.807) is 12.1 Å². The molecule has 0 aliphatic heterocycles. The molecule has 3 aromatic rings. The molecule has 2 heterocycles. The Labute approximate surface area is 118 Å². The second kappa shape index (κ2) is 4.76. The van der Waals surface area contributed by atoms with E-state index in [0.29, 0.717) is 27.2 Å². The van der Waals surface area contributed by atoms with Crippen molar-refractivity contribution in [2.45, 2.75) is 6.92 Å². The van der Waals surface area contributed by atoms with Crippen LogP contribution in [0.3, 0.4) is 0 Å². The van der Waals surface area contributed by atoms with E-state index in [4.69, 9.17) is 9.15 Å².